The minimum absolute atomic E-state index is 0.213. The minimum Gasteiger partial charge on any atom is -0.308 e. The molecule has 0 atom stereocenters. The summed E-state index contributed by atoms with van der Waals surface area (Å²) >= 11 is 9.97. The average molecular weight is 418 g/mol. The Balaban J connectivity index is 1.65. The van der Waals surface area contributed by atoms with Crippen molar-refractivity contribution >= 4 is 55.6 Å². The second-order valence-corrected chi connectivity index (χ2v) is 6.91. The van der Waals surface area contributed by atoms with E-state index < -0.39 is 0 Å². The van der Waals surface area contributed by atoms with Crippen LogP contribution in [-0.2, 0) is 0 Å². The maximum atomic E-state index is 12.2. The molecular weight excluding hydrogens is 406 g/mol. The monoisotopic (exact) mass is 417 g/mol. The van der Waals surface area contributed by atoms with Crippen LogP contribution in [0, 0.1) is 0 Å². The van der Waals surface area contributed by atoms with E-state index in [1.807, 2.05) is 41.8 Å². The summed E-state index contributed by atoms with van der Waals surface area (Å²) < 4.78 is 0.714. The summed E-state index contributed by atoms with van der Waals surface area (Å²) in [5.41, 5.74) is 2.42. The first kappa shape index (κ1) is 16.8. The van der Waals surface area contributed by atoms with Crippen molar-refractivity contribution in [3.63, 3.8) is 0 Å². The quantitative estimate of drug-likeness (QED) is 0.606. The van der Waals surface area contributed by atoms with Crippen LogP contribution in [0.25, 0.3) is 11.3 Å². The molecule has 0 aliphatic rings. The zero-order valence-electron chi connectivity index (χ0n) is 12.3. The number of thiazole rings is 1. The average Bonchev–Trinajstić information content (AvgIpc) is 3.04. The van der Waals surface area contributed by atoms with Crippen molar-refractivity contribution in [1.29, 1.82) is 0 Å². The molecule has 0 unspecified atom stereocenters. The Morgan fingerprint density at radius 3 is 2.54 bits per heavy atom. The summed E-state index contributed by atoms with van der Waals surface area (Å²) in [4.78, 5) is 16.7. The van der Waals surface area contributed by atoms with E-state index in [1.165, 1.54) is 11.3 Å². The Kier molecular flexibility index (Phi) is 5.34. The number of carbonyl (C=O) groups is 1. The molecule has 7 heteroatoms. The molecule has 4 nitrogen and oxygen atoms in total. The van der Waals surface area contributed by atoms with Crippen LogP contribution >= 0.6 is 39.5 Å². The number of nitrogens with zero attached hydrogens (tertiary/aromatic N) is 1. The summed E-state index contributed by atoms with van der Waals surface area (Å²) in [5, 5.41) is 8.38. The number of halogens is 1. The van der Waals surface area contributed by atoms with Crippen molar-refractivity contribution < 1.29 is 4.79 Å². The van der Waals surface area contributed by atoms with Gasteiger partial charge in [0, 0.05) is 15.4 Å². The molecule has 120 valence electrons. The second kappa shape index (κ2) is 7.65. The molecule has 3 rings (SSSR count). The van der Waals surface area contributed by atoms with E-state index in [0.29, 0.717) is 15.2 Å². The lowest BCUT2D eigenvalue weighted by Crippen LogP contribution is -2.34. The van der Waals surface area contributed by atoms with Gasteiger partial charge in [0.2, 0.25) is 0 Å². The molecule has 0 aliphatic heterocycles. The number of amides is 1. The fourth-order valence-corrected chi connectivity index (χ4v) is 3.46. The van der Waals surface area contributed by atoms with Gasteiger partial charge in [0.1, 0.15) is 0 Å². The van der Waals surface area contributed by atoms with E-state index in [2.05, 4.69) is 31.5 Å². The van der Waals surface area contributed by atoms with Crippen LogP contribution in [-0.4, -0.2) is 16.0 Å². The third kappa shape index (κ3) is 4.05. The largest absolute Gasteiger partial charge is 0.308 e. The van der Waals surface area contributed by atoms with Gasteiger partial charge in [0.05, 0.1) is 11.3 Å². The van der Waals surface area contributed by atoms with Crippen LogP contribution in [0.1, 0.15) is 10.4 Å². The molecule has 1 amide bonds. The van der Waals surface area contributed by atoms with Gasteiger partial charge < -0.3 is 5.32 Å². The van der Waals surface area contributed by atoms with Gasteiger partial charge >= 0.3 is 0 Å². The predicted molar refractivity (Wildman–Crippen MR) is 105 cm³/mol. The lowest BCUT2D eigenvalue weighted by atomic mass is 10.2. The topological polar surface area (TPSA) is 54.0 Å². The van der Waals surface area contributed by atoms with Crippen LogP contribution < -0.4 is 10.6 Å². The third-order valence-electron chi connectivity index (χ3n) is 3.14. The van der Waals surface area contributed by atoms with E-state index in [0.717, 1.165) is 11.3 Å². The molecule has 0 saturated carbocycles. The number of anilines is 1. The van der Waals surface area contributed by atoms with Crippen molar-refractivity contribution in [2.75, 3.05) is 5.32 Å². The van der Waals surface area contributed by atoms with E-state index in [1.54, 1.807) is 18.2 Å². The summed E-state index contributed by atoms with van der Waals surface area (Å²) in [7, 11) is 0. The minimum atomic E-state index is -0.278. The maximum absolute atomic E-state index is 12.2. The van der Waals surface area contributed by atoms with Crippen LogP contribution in [0.15, 0.2) is 64.5 Å². The molecule has 0 aliphatic carbocycles. The Morgan fingerprint density at radius 2 is 1.79 bits per heavy atom. The summed E-state index contributed by atoms with van der Waals surface area (Å²) in [5.74, 6) is -0.278. The molecule has 3 aromatic rings. The highest BCUT2D eigenvalue weighted by molar-refractivity contribution is 9.10. The van der Waals surface area contributed by atoms with Crippen LogP contribution in [0.5, 0.6) is 0 Å². The van der Waals surface area contributed by atoms with Crippen molar-refractivity contribution in [2.24, 2.45) is 0 Å². The summed E-state index contributed by atoms with van der Waals surface area (Å²) in [6, 6.07) is 17.0. The first-order valence-corrected chi connectivity index (χ1v) is 9.09. The van der Waals surface area contributed by atoms with E-state index in [9.17, 15) is 4.79 Å². The van der Waals surface area contributed by atoms with Gasteiger partial charge in [0.15, 0.2) is 10.2 Å². The third-order valence-corrected chi connectivity index (χ3v) is 4.79. The van der Waals surface area contributed by atoms with Gasteiger partial charge in [-0.15, -0.1) is 11.3 Å². The normalized spacial score (nSPS) is 10.2. The number of hydrogen-bond acceptors (Lipinski definition) is 4. The zero-order valence-corrected chi connectivity index (χ0v) is 15.5. The lowest BCUT2D eigenvalue weighted by molar-refractivity contribution is 0.0977. The molecule has 1 aromatic heterocycles. The molecule has 0 bridgehead atoms. The van der Waals surface area contributed by atoms with Gasteiger partial charge in [-0.2, -0.15) is 0 Å². The molecule has 0 spiro atoms. The van der Waals surface area contributed by atoms with Crippen molar-refractivity contribution in [3.8, 4) is 11.3 Å². The zero-order chi connectivity index (χ0) is 16.9. The van der Waals surface area contributed by atoms with Gasteiger partial charge in [-0.3, -0.25) is 10.1 Å². The molecule has 2 N–H and O–H groups in total. The first-order chi connectivity index (χ1) is 11.6. The van der Waals surface area contributed by atoms with Gasteiger partial charge in [0.25, 0.3) is 5.91 Å². The Bertz CT molecular complexity index is 880. The van der Waals surface area contributed by atoms with Gasteiger partial charge in [-0.1, -0.05) is 42.5 Å². The fraction of sp³-hybridized carbons (Fsp3) is 0. The summed E-state index contributed by atoms with van der Waals surface area (Å²) in [6.07, 6.45) is 0. The van der Waals surface area contributed by atoms with E-state index >= 15 is 0 Å². The molecule has 24 heavy (non-hydrogen) atoms. The SMILES string of the molecule is O=C(NC(=S)Nc1nc(-c2ccccc2)cs1)c1ccccc1Br. The van der Waals surface area contributed by atoms with Crippen molar-refractivity contribution in [2.45, 2.75) is 0 Å². The second-order valence-electron chi connectivity index (χ2n) is 4.79. The van der Waals surface area contributed by atoms with Crippen LogP contribution in [0.3, 0.4) is 0 Å². The smallest absolute Gasteiger partial charge is 0.258 e. The first-order valence-electron chi connectivity index (χ1n) is 7.01. The van der Waals surface area contributed by atoms with E-state index in [4.69, 9.17) is 12.2 Å². The fourth-order valence-electron chi connectivity index (χ4n) is 2.02. The number of nitrogens with one attached hydrogen (secondary N) is 2. The molecule has 0 saturated heterocycles. The highest BCUT2D eigenvalue weighted by atomic mass is 79.9. The van der Waals surface area contributed by atoms with Gasteiger partial charge in [-0.25, -0.2) is 4.98 Å². The molecule has 0 fully saturated rings. The van der Waals surface area contributed by atoms with Crippen molar-refractivity contribution in [1.82, 2.24) is 10.3 Å². The van der Waals surface area contributed by atoms with Crippen molar-refractivity contribution in [3.05, 3.63) is 70.0 Å². The standard InChI is InChI=1S/C17H12BrN3OS2/c18-13-9-5-4-8-12(13)15(22)20-16(23)21-17-19-14(10-24-17)11-6-2-1-3-7-11/h1-10H,(H2,19,20,21,22,23). The Labute approximate surface area is 157 Å². The number of hydrogen-bond donors (Lipinski definition) is 2. The molecule has 0 radical (unpaired) electrons. The van der Waals surface area contributed by atoms with Crippen LogP contribution in [0.2, 0.25) is 0 Å². The Morgan fingerprint density at radius 1 is 1.08 bits per heavy atom. The lowest BCUT2D eigenvalue weighted by Gasteiger charge is -2.08. The number of benzene rings is 2. The maximum Gasteiger partial charge on any atom is 0.258 e. The number of aromatic nitrogens is 1. The highest BCUT2D eigenvalue weighted by Crippen LogP contribution is 2.24. The molecule has 2 aromatic carbocycles. The van der Waals surface area contributed by atoms with E-state index in [-0.39, 0.29) is 11.0 Å². The molecular formula is C17H12BrN3OS2. The number of carbonyl (C=O) groups excluding carboxylic acids is 1. The predicted octanol–water partition coefficient (Wildman–Crippen LogP) is 4.70. The van der Waals surface area contributed by atoms with Gasteiger partial charge in [-0.05, 0) is 40.3 Å². The Hall–Kier alpha value is -2.09. The number of rotatable bonds is 3. The molecule has 1 heterocycles. The highest BCUT2D eigenvalue weighted by Gasteiger charge is 2.12. The summed E-state index contributed by atoms with van der Waals surface area (Å²) in [6.45, 7) is 0. The number of thiocarbonyl (C=S) groups is 1. The van der Waals surface area contributed by atoms with Crippen LogP contribution in [0.4, 0.5) is 5.13 Å².